The Balaban J connectivity index is 2.54. The third-order valence-corrected chi connectivity index (χ3v) is 4.26. The van der Waals surface area contributed by atoms with E-state index >= 15 is 0 Å². The molecule has 0 radical (unpaired) electrons. The first kappa shape index (κ1) is 14.5. The average molecular weight is 243 g/mol. The first-order chi connectivity index (χ1) is 7.65. The highest BCUT2D eigenvalue weighted by Crippen LogP contribution is 2.37. The number of carbonyl (C=O) groups excluding carboxylic acids is 1. The van der Waals surface area contributed by atoms with Gasteiger partial charge in [0.15, 0.2) is 0 Å². The van der Waals surface area contributed by atoms with Crippen molar-refractivity contribution in [1.29, 1.82) is 0 Å². The number of carbonyl (C=O) groups is 1. The Labute approximate surface area is 104 Å². The fraction of sp³-hybridized carbons (Fsp3) is 0.923. The third kappa shape index (κ3) is 2.80. The van der Waals surface area contributed by atoms with Crippen molar-refractivity contribution in [3.05, 3.63) is 0 Å². The zero-order valence-electron chi connectivity index (χ0n) is 11.6. The Morgan fingerprint density at radius 1 is 1.29 bits per heavy atom. The van der Waals surface area contributed by atoms with E-state index in [2.05, 4.69) is 39.9 Å². The van der Waals surface area contributed by atoms with E-state index in [1.807, 2.05) is 0 Å². The van der Waals surface area contributed by atoms with Gasteiger partial charge in [0, 0.05) is 6.54 Å². The minimum atomic E-state index is -0.700. The topological polar surface area (TPSA) is 58.6 Å². The van der Waals surface area contributed by atoms with Gasteiger partial charge in [0.05, 0.1) is 19.8 Å². The smallest absolute Gasteiger partial charge is 0.233 e. The van der Waals surface area contributed by atoms with E-state index < -0.39 is 5.41 Å². The van der Waals surface area contributed by atoms with Crippen molar-refractivity contribution < 1.29 is 14.6 Å². The summed E-state index contributed by atoms with van der Waals surface area (Å²) in [6.45, 7) is 11.9. The number of aliphatic hydroxyl groups excluding tert-OH is 1. The molecule has 1 aliphatic rings. The van der Waals surface area contributed by atoms with Crippen molar-refractivity contribution in [1.82, 2.24) is 5.32 Å². The predicted molar refractivity (Wildman–Crippen MR) is 66.6 cm³/mol. The molecule has 0 saturated carbocycles. The molecule has 0 atom stereocenters. The first-order valence-corrected chi connectivity index (χ1v) is 6.12. The molecular formula is C13H25NO3. The molecule has 1 saturated heterocycles. The maximum atomic E-state index is 12.0. The minimum absolute atomic E-state index is 0.00388. The minimum Gasteiger partial charge on any atom is -0.395 e. The molecule has 1 fully saturated rings. The number of amides is 1. The van der Waals surface area contributed by atoms with Crippen LogP contribution in [0.25, 0.3) is 0 Å². The molecular weight excluding hydrogens is 218 g/mol. The summed E-state index contributed by atoms with van der Waals surface area (Å²) in [5.74, 6) is -0.0939. The van der Waals surface area contributed by atoms with E-state index in [1.165, 1.54) is 0 Å². The summed E-state index contributed by atoms with van der Waals surface area (Å²) in [5.41, 5.74) is -0.583. The lowest BCUT2D eigenvalue weighted by molar-refractivity contribution is -0.170. The molecule has 0 aromatic rings. The van der Waals surface area contributed by atoms with Crippen LogP contribution in [0.1, 0.15) is 34.6 Å². The number of hydrogen-bond acceptors (Lipinski definition) is 3. The van der Waals surface area contributed by atoms with Crippen LogP contribution < -0.4 is 5.32 Å². The zero-order chi connectivity index (χ0) is 13.3. The van der Waals surface area contributed by atoms with Crippen molar-refractivity contribution in [2.45, 2.75) is 34.6 Å². The Morgan fingerprint density at radius 3 is 2.12 bits per heavy atom. The number of aliphatic hydroxyl groups is 1. The molecule has 2 N–H and O–H groups in total. The fourth-order valence-electron chi connectivity index (χ4n) is 1.40. The van der Waals surface area contributed by atoms with Crippen LogP contribution in [0.4, 0.5) is 0 Å². The molecule has 0 aromatic heterocycles. The van der Waals surface area contributed by atoms with Gasteiger partial charge in [0.1, 0.15) is 5.41 Å². The van der Waals surface area contributed by atoms with Gasteiger partial charge in [0.25, 0.3) is 0 Å². The quantitative estimate of drug-likeness (QED) is 0.779. The molecule has 1 rings (SSSR count). The van der Waals surface area contributed by atoms with Gasteiger partial charge < -0.3 is 15.2 Å². The summed E-state index contributed by atoms with van der Waals surface area (Å²) in [4.78, 5) is 12.0. The average Bonchev–Trinajstić information content (AvgIpc) is 2.12. The van der Waals surface area contributed by atoms with Crippen molar-refractivity contribution >= 4 is 5.91 Å². The van der Waals surface area contributed by atoms with Gasteiger partial charge in [0.2, 0.25) is 5.91 Å². The van der Waals surface area contributed by atoms with Crippen LogP contribution in [-0.2, 0) is 9.53 Å². The molecule has 1 aliphatic heterocycles. The van der Waals surface area contributed by atoms with E-state index in [0.29, 0.717) is 19.8 Å². The fourth-order valence-corrected chi connectivity index (χ4v) is 1.40. The second kappa shape index (κ2) is 4.58. The van der Waals surface area contributed by atoms with Gasteiger partial charge >= 0.3 is 0 Å². The van der Waals surface area contributed by atoms with E-state index in [4.69, 9.17) is 4.74 Å². The number of ether oxygens (including phenoxy) is 1. The van der Waals surface area contributed by atoms with Crippen LogP contribution in [0.3, 0.4) is 0 Å². The first-order valence-electron chi connectivity index (χ1n) is 6.12. The Kier molecular flexibility index (Phi) is 3.89. The lowest BCUT2D eigenvalue weighted by Gasteiger charge is -2.42. The predicted octanol–water partition coefficient (Wildman–Crippen LogP) is 1.18. The van der Waals surface area contributed by atoms with Crippen molar-refractivity contribution in [2.24, 2.45) is 16.2 Å². The highest BCUT2D eigenvalue weighted by atomic mass is 16.5. The van der Waals surface area contributed by atoms with Gasteiger partial charge in [-0.15, -0.1) is 0 Å². The molecule has 17 heavy (non-hydrogen) atoms. The Morgan fingerprint density at radius 2 is 1.82 bits per heavy atom. The van der Waals surface area contributed by atoms with E-state index in [-0.39, 0.29) is 23.3 Å². The van der Waals surface area contributed by atoms with Crippen molar-refractivity contribution in [2.75, 3.05) is 26.4 Å². The van der Waals surface area contributed by atoms with Gasteiger partial charge in [-0.25, -0.2) is 0 Å². The standard InChI is InChI=1S/C13H25NO3/c1-11(2,3)12(4,5)6-14-10(16)13(7-15)8-17-9-13/h15H,6-9H2,1-5H3,(H,14,16). The second-order valence-corrected chi connectivity index (χ2v) is 6.75. The van der Waals surface area contributed by atoms with Gasteiger partial charge in [-0.1, -0.05) is 34.6 Å². The number of nitrogens with one attached hydrogen (secondary N) is 1. The summed E-state index contributed by atoms with van der Waals surface area (Å²) in [6.07, 6.45) is 0. The van der Waals surface area contributed by atoms with Crippen molar-refractivity contribution in [3.63, 3.8) is 0 Å². The molecule has 0 unspecified atom stereocenters. The van der Waals surface area contributed by atoms with E-state index in [1.54, 1.807) is 0 Å². The summed E-state index contributed by atoms with van der Waals surface area (Å²) in [6, 6.07) is 0. The molecule has 0 aromatic carbocycles. The summed E-state index contributed by atoms with van der Waals surface area (Å²) < 4.78 is 5.03. The maximum Gasteiger partial charge on any atom is 0.233 e. The highest BCUT2D eigenvalue weighted by Gasteiger charge is 2.46. The molecule has 1 heterocycles. The summed E-state index contributed by atoms with van der Waals surface area (Å²) in [7, 11) is 0. The lowest BCUT2D eigenvalue weighted by Crippen LogP contribution is -2.58. The van der Waals surface area contributed by atoms with Crippen LogP contribution in [0.15, 0.2) is 0 Å². The van der Waals surface area contributed by atoms with Gasteiger partial charge in [-0.2, -0.15) is 0 Å². The molecule has 4 nitrogen and oxygen atoms in total. The monoisotopic (exact) mass is 243 g/mol. The van der Waals surface area contributed by atoms with Crippen molar-refractivity contribution in [3.8, 4) is 0 Å². The SMILES string of the molecule is CC(C)(C)C(C)(C)CNC(=O)C1(CO)COC1. The Bertz CT molecular complexity index is 282. The van der Waals surface area contributed by atoms with E-state index in [0.717, 1.165) is 0 Å². The third-order valence-electron chi connectivity index (χ3n) is 4.26. The molecule has 0 aliphatic carbocycles. The van der Waals surface area contributed by atoms with E-state index in [9.17, 15) is 9.90 Å². The molecule has 4 heteroatoms. The number of rotatable bonds is 4. The number of hydrogen-bond donors (Lipinski definition) is 2. The summed E-state index contributed by atoms with van der Waals surface area (Å²) in [5, 5.41) is 12.2. The normalized spacial score (nSPS) is 19.6. The van der Waals surface area contributed by atoms with Crippen LogP contribution in [0, 0.1) is 16.2 Å². The maximum absolute atomic E-state index is 12.0. The van der Waals surface area contributed by atoms with Crippen LogP contribution in [0.5, 0.6) is 0 Å². The molecule has 0 bridgehead atoms. The van der Waals surface area contributed by atoms with Crippen LogP contribution >= 0.6 is 0 Å². The van der Waals surface area contributed by atoms with Gasteiger partial charge in [-0.05, 0) is 10.8 Å². The second-order valence-electron chi connectivity index (χ2n) is 6.75. The lowest BCUT2D eigenvalue weighted by atomic mass is 9.69. The molecule has 100 valence electrons. The molecule has 1 amide bonds. The van der Waals surface area contributed by atoms with Crippen LogP contribution in [0.2, 0.25) is 0 Å². The highest BCUT2D eigenvalue weighted by molar-refractivity contribution is 5.83. The summed E-state index contributed by atoms with van der Waals surface area (Å²) >= 11 is 0. The van der Waals surface area contributed by atoms with Crippen LogP contribution in [-0.4, -0.2) is 37.4 Å². The zero-order valence-corrected chi connectivity index (χ0v) is 11.6. The Hall–Kier alpha value is -0.610. The largest absolute Gasteiger partial charge is 0.395 e. The van der Waals surface area contributed by atoms with Gasteiger partial charge in [-0.3, -0.25) is 4.79 Å². The molecule has 0 spiro atoms.